The molecule has 4 aromatic rings. The summed E-state index contributed by atoms with van der Waals surface area (Å²) in [6.45, 7) is 12.7. The molecule has 2 saturated heterocycles. The molecule has 3 N–H and O–H groups in total. The Morgan fingerprint density at radius 1 is 0.667 bits per heavy atom. The van der Waals surface area contributed by atoms with E-state index < -0.39 is 0 Å². The fourth-order valence-electron chi connectivity index (χ4n) is 10.3. The molecule has 0 radical (unpaired) electrons. The number of Topliss-reactive ketones (excluding diaryl/α,β-unsaturated/α-hetero) is 2. The fourth-order valence-corrected chi connectivity index (χ4v) is 10.5. The number of piperidine rings is 2. The van der Waals surface area contributed by atoms with Gasteiger partial charge in [0.25, 0.3) is 0 Å². The Labute approximate surface area is 471 Å². The van der Waals surface area contributed by atoms with Crippen LogP contribution in [0.25, 0.3) is 22.6 Å². The molecule has 17 heteroatoms. The first kappa shape index (κ1) is 67.1. The summed E-state index contributed by atoms with van der Waals surface area (Å²) in [7, 11) is 0. The Hall–Kier alpha value is -3.99. The van der Waals surface area contributed by atoms with Gasteiger partial charge in [0.05, 0.1) is 12.4 Å². The second kappa shape index (κ2) is 33.3. The normalized spacial score (nSPS) is 18.3. The van der Waals surface area contributed by atoms with E-state index in [1.165, 1.54) is 6.92 Å². The highest BCUT2D eigenvalue weighted by Gasteiger charge is 2.59. The van der Waals surface area contributed by atoms with Crippen LogP contribution in [0.5, 0.6) is 0 Å². The van der Waals surface area contributed by atoms with Crippen LogP contribution in [0.4, 0.5) is 0 Å². The van der Waals surface area contributed by atoms with Crippen molar-refractivity contribution in [2.75, 3.05) is 32.7 Å². The van der Waals surface area contributed by atoms with Crippen molar-refractivity contribution in [2.24, 2.45) is 22.7 Å². The van der Waals surface area contributed by atoms with E-state index in [0.29, 0.717) is 70.6 Å². The van der Waals surface area contributed by atoms with Gasteiger partial charge in [-0.25, -0.2) is 9.97 Å². The maximum Gasteiger partial charge on any atom is 0.224 e. The average molecular weight is 1120 g/mol. The molecule has 4 atom stereocenters. The van der Waals surface area contributed by atoms with Crippen LogP contribution >= 0.6 is 50.2 Å². The maximum atomic E-state index is 13.3. The van der Waals surface area contributed by atoms with E-state index >= 15 is 0 Å². The monoisotopic (exact) mass is 1110 g/mol. The molecule has 2 spiro atoms. The Kier molecular flexibility index (Phi) is 29.8. The molecular weight excluding hydrogens is 1030 g/mol. The summed E-state index contributed by atoms with van der Waals surface area (Å²) >= 11 is 12.0. The number of nitrogens with one attached hydrogen (secondary N) is 3. The molecule has 4 aliphatic rings. The van der Waals surface area contributed by atoms with Gasteiger partial charge in [-0.05, 0) is 163 Å². The van der Waals surface area contributed by atoms with Crippen LogP contribution in [0.1, 0.15) is 182 Å². The first-order valence-corrected chi connectivity index (χ1v) is 27.0. The number of rotatable bonds is 23. The molecule has 2 aliphatic carbocycles. The van der Waals surface area contributed by atoms with Crippen LogP contribution in [0.3, 0.4) is 0 Å². The number of benzene rings is 2. The van der Waals surface area contributed by atoms with Crippen LogP contribution in [0, 0.1) is 22.7 Å². The summed E-state index contributed by atoms with van der Waals surface area (Å²) in [5.74, 6) is 3.47. The highest BCUT2D eigenvalue weighted by atomic mass is 35.5. The molecule has 2 amide bonds. The summed E-state index contributed by atoms with van der Waals surface area (Å²) in [5, 5.41) is 11.3. The van der Waals surface area contributed by atoms with Crippen LogP contribution in [-0.2, 0) is 24.0 Å². The van der Waals surface area contributed by atoms with Crippen LogP contribution in [0.2, 0.25) is 10.0 Å². The van der Waals surface area contributed by atoms with E-state index in [-0.39, 0.29) is 88.4 Å². The van der Waals surface area contributed by atoms with Gasteiger partial charge >= 0.3 is 0 Å². The summed E-state index contributed by atoms with van der Waals surface area (Å²) in [6.07, 6.45) is 19.9. The van der Waals surface area contributed by atoms with Crippen molar-refractivity contribution in [1.82, 2.24) is 30.8 Å². The summed E-state index contributed by atoms with van der Waals surface area (Å²) in [4.78, 5) is 69.9. The summed E-state index contributed by atoms with van der Waals surface area (Å²) in [6, 6.07) is 14.4. The van der Waals surface area contributed by atoms with Gasteiger partial charge in [-0.2, -0.15) is 27.0 Å². The number of unbranched alkanes of at least 4 members (excludes halogenated alkanes) is 4. The molecular formula is C58H88Cl2N6O7S2. The molecule has 13 nitrogen and oxygen atoms in total. The van der Waals surface area contributed by atoms with Gasteiger partial charge in [0.1, 0.15) is 29.9 Å². The third-order valence-corrected chi connectivity index (χ3v) is 15.6. The molecule has 4 fully saturated rings. The van der Waals surface area contributed by atoms with E-state index in [0.717, 1.165) is 140 Å². The highest BCUT2D eigenvalue weighted by molar-refractivity contribution is 7.59. The molecule has 2 aliphatic heterocycles. The predicted octanol–water partition coefficient (Wildman–Crippen LogP) is 13.4. The highest BCUT2D eigenvalue weighted by Crippen LogP contribution is 2.60. The van der Waals surface area contributed by atoms with E-state index in [9.17, 15) is 19.2 Å². The number of carbonyl (C=O) groups is 5. The van der Waals surface area contributed by atoms with Gasteiger partial charge in [0.15, 0.2) is 11.5 Å². The first-order chi connectivity index (χ1) is 34.4. The van der Waals surface area contributed by atoms with E-state index in [1.54, 1.807) is 12.4 Å². The topological polar surface area (TPSA) is 177 Å². The predicted molar refractivity (Wildman–Crippen MR) is 313 cm³/mol. The molecule has 8 rings (SSSR count). The minimum absolute atomic E-state index is 0. The number of nitrogens with zero attached hydrogens (tertiary/aromatic N) is 3. The minimum atomic E-state index is -0.265. The van der Waals surface area contributed by atoms with Crippen molar-refractivity contribution in [2.45, 2.75) is 170 Å². The quantitative estimate of drug-likeness (QED) is 0.0476. The second-order valence-corrected chi connectivity index (χ2v) is 20.8. The lowest BCUT2D eigenvalue weighted by atomic mass is 9.90. The zero-order chi connectivity index (χ0) is 50.8. The number of oxazole rings is 2. The summed E-state index contributed by atoms with van der Waals surface area (Å²) in [5.41, 5.74) is 2.18. The SMILES string of the molecule is C.C.CC=O.CCC(=O)CCCCC[C@H](NC(=O)[C@H]1CC12CCN(CC)CC2)c1ncc(-c2ccc(Cl)cc2)o1.CCC(=O)CCCCC[C@H](NC(=O)[C@H]1CC12CCNCC2)c1ncc(-c2ccc(Cl)cc2)o1.S.S. The van der Waals surface area contributed by atoms with Gasteiger partial charge in [0.2, 0.25) is 23.6 Å². The summed E-state index contributed by atoms with van der Waals surface area (Å²) < 4.78 is 12.2. The molecule has 2 aromatic carbocycles. The van der Waals surface area contributed by atoms with Crippen LogP contribution < -0.4 is 16.0 Å². The molecule has 0 bridgehead atoms. The molecule has 418 valence electrons. The van der Waals surface area contributed by atoms with Gasteiger partial charge in [-0.3, -0.25) is 19.2 Å². The van der Waals surface area contributed by atoms with E-state index in [4.69, 9.17) is 36.8 Å². The zero-order valence-electron chi connectivity index (χ0n) is 43.4. The molecule has 2 saturated carbocycles. The second-order valence-electron chi connectivity index (χ2n) is 19.9. The number of hydrogen-bond donors (Lipinski definition) is 3. The Bertz CT molecular complexity index is 2330. The van der Waals surface area contributed by atoms with Gasteiger partial charge < -0.3 is 34.5 Å². The van der Waals surface area contributed by atoms with Crippen LogP contribution in [-0.4, -0.2) is 77.3 Å². The van der Waals surface area contributed by atoms with E-state index in [2.05, 4.69) is 37.7 Å². The van der Waals surface area contributed by atoms with Crippen molar-refractivity contribution in [3.8, 4) is 22.6 Å². The maximum absolute atomic E-state index is 13.3. The molecule has 2 aromatic heterocycles. The lowest BCUT2D eigenvalue weighted by molar-refractivity contribution is -0.125. The Morgan fingerprint density at radius 3 is 1.43 bits per heavy atom. The van der Waals surface area contributed by atoms with Gasteiger partial charge in [-0.15, -0.1) is 0 Å². The van der Waals surface area contributed by atoms with Crippen molar-refractivity contribution in [1.29, 1.82) is 0 Å². The van der Waals surface area contributed by atoms with Crippen molar-refractivity contribution >= 4 is 79.9 Å². The standard InChI is InChI=1S/C28H38ClN3O3.C26H34ClN3O3.C2H4O.2CH4.2H2S/c1-3-22(33)8-6-5-7-9-24(27-30-19-25(35-27)20-10-12-21(29)13-11-20)31-26(34)23-18-28(23)14-16-32(4-2)17-15-28;1-2-20(31)6-4-3-5-7-22(30-24(32)21-16-26(21)12-14-28-15-13-26)25-29-17-23(33-25)18-8-10-19(27)11-9-18;1-2-3;;;;/h10-13,19,23-24H,3-9,14-18H2,1-2H3,(H,31,34);8-11,17,21-22,28H,2-7,12-16H2,1H3,(H,30,32);2H,1H3;2*1H4;2*1H2/t23-,24+;21-,22+;;;;;/m11...../s1. The number of halogens is 2. The third kappa shape index (κ3) is 19.8. The third-order valence-electron chi connectivity index (χ3n) is 15.1. The number of carbonyl (C=O) groups excluding carboxylic acids is 5. The Balaban J connectivity index is 0.000000465. The van der Waals surface area contributed by atoms with Gasteiger partial charge in [-0.1, -0.05) is 84.5 Å². The molecule has 4 heterocycles. The molecule has 0 unspecified atom stereocenters. The van der Waals surface area contributed by atoms with Gasteiger partial charge in [0, 0.05) is 58.7 Å². The smallest absolute Gasteiger partial charge is 0.224 e. The first-order valence-electron chi connectivity index (χ1n) is 26.3. The van der Waals surface area contributed by atoms with E-state index in [1.807, 2.05) is 62.4 Å². The van der Waals surface area contributed by atoms with Crippen molar-refractivity contribution in [3.63, 3.8) is 0 Å². The lowest BCUT2D eigenvalue weighted by Gasteiger charge is -2.32. The zero-order valence-corrected chi connectivity index (χ0v) is 46.9. The molecule has 75 heavy (non-hydrogen) atoms. The largest absolute Gasteiger partial charge is 0.438 e. The van der Waals surface area contributed by atoms with Crippen LogP contribution in [0.15, 0.2) is 69.8 Å². The number of amides is 2. The minimum Gasteiger partial charge on any atom is -0.438 e. The number of ketones is 2. The van der Waals surface area contributed by atoms with Crippen molar-refractivity contribution < 1.29 is 32.8 Å². The number of aldehydes is 1. The average Bonchev–Trinajstić information content (AvgIpc) is 4.05. The number of likely N-dealkylation sites (tertiary alicyclic amines) is 1. The lowest BCUT2D eigenvalue weighted by Crippen LogP contribution is -2.37. The Morgan fingerprint density at radius 2 is 1.05 bits per heavy atom. The fraction of sp³-hybridized carbons (Fsp3) is 0.603. The number of hydrogen-bond acceptors (Lipinski definition) is 11. The number of aromatic nitrogens is 2. The van der Waals surface area contributed by atoms with Crippen molar-refractivity contribution in [3.05, 3.63) is 82.8 Å².